The van der Waals surface area contributed by atoms with Crippen molar-refractivity contribution >= 4 is 45.6 Å². The van der Waals surface area contributed by atoms with E-state index in [-0.39, 0.29) is 28.4 Å². The minimum absolute atomic E-state index is 0.160. The third-order valence-electron chi connectivity index (χ3n) is 6.43. The molecular weight excluding hydrogens is 498 g/mol. The zero-order valence-corrected chi connectivity index (χ0v) is 22.5. The number of aliphatic hydroxyl groups is 1. The van der Waals surface area contributed by atoms with Crippen molar-refractivity contribution in [3.63, 3.8) is 0 Å². The van der Waals surface area contributed by atoms with Gasteiger partial charge in [-0.1, -0.05) is 49.7 Å². The van der Waals surface area contributed by atoms with Crippen molar-refractivity contribution in [2.24, 2.45) is 0 Å². The average Bonchev–Trinajstić information content (AvgIpc) is 3.30. The lowest BCUT2D eigenvalue weighted by atomic mass is 9.70. The lowest BCUT2D eigenvalue weighted by Gasteiger charge is -2.50. The number of anilines is 2. The number of benzene rings is 1. The van der Waals surface area contributed by atoms with Gasteiger partial charge in [-0.25, -0.2) is 9.97 Å². The molecule has 1 fully saturated rings. The second kappa shape index (κ2) is 9.80. The highest BCUT2D eigenvalue weighted by Gasteiger charge is 2.53. The Morgan fingerprint density at radius 2 is 1.94 bits per heavy atom. The first-order chi connectivity index (χ1) is 17.0. The second-order valence-corrected chi connectivity index (χ2v) is 11.1. The van der Waals surface area contributed by atoms with Gasteiger partial charge in [-0.3, -0.25) is 9.59 Å². The van der Waals surface area contributed by atoms with E-state index < -0.39 is 11.0 Å². The van der Waals surface area contributed by atoms with Crippen LogP contribution in [0.25, 0.3) is 0 Å². The van der Waals surface area contributed by atoms with Gasteiger partial charge in [0, 0.05) is 25.5 Å². The van der Waals surface area contributed by atoms with Crippen molar-refractivity contribution in [2.75, 3.05) is 30.4 Å². The maximum Gasteiger partial charge on any atom is 0.253 e. The molecule has 4 rings (SSSR count). The number of carbonyl (C=O) groups excluding carboxylic acids is 2. The van der Waals surface area contributed by atoms with E-state index in [0.717, 1.165) is 16.3 Å². The molecule has 0 aliphatic carbocycles. The third kappa shape index (κ3) is 4.83. The Kier molecular flexibility index (Phi) is 7.10. The molecule has 1 aliphatic rings. The normalized spacial score (nSPS) is 14.9. The standard InChI is InChI=1S/C26H30ClN5O3S/c1-15(2)16-8-6-7-9-18(16)26(13-32(14-26)24-31-20(12-36-24)25(3,4)35)23(34)30-19-11-29-21(27)10-17(19)22(33)28-5/h6-12,15,35H,13-14H2,1-5H3,(H,28,33)(H,30,34). The van der Waals surface area contributed by atoms with Crippen LogP contribution in [-0.2, 0) is 15.8 Å². The number of halogens is 1. The van der Waals surface area contributed by atoms with E-state index in [1.165, 1.54) is 30.6 Å². The molecule has 1 saturated heterocycles. The van der Waals surface area contributed by atoms with Gasteiger partial charge < -0.3 is 20.6 Å². The van der Waals surface area contributed by atoms with Crippen molar-refractivity contribution < 1.29 is 14.7 Å². The Morgan fingerprint density at radius 1 is 1.25 bits per heavy atom. The van der Waals surface area contributed by atoms with Crippen LogP contribution in [0.2, 0.25) is 5.15 Å². The van der Waals surface area contributed by atoms with Gasteiger partial charge >= 0.3 is 0 Å². The quantitative estimate of drug-likeness (QED) is 0.395. The summed E-state index contributed by atoms with van der Waals surface area (Å²) in [6.07, 6.45) is 1.40. The number of carbonyl (C=O) groups is 2. The first-order valence-corrected chi connectivity index (χ1v) is 12.9. The summed E-state index contributed by atoms with van der Waals surface area (Å²) in [5.41, 5.74) is 1.23. The number of aromatic nitrogens is 2. The molecule has 2 aromatic heterocycles. The van der Waals surface area contributed by atoms with E-state index in [9.17, 15) is 14.7 Å². The number of hydrogen-bond acceptors (Lipinski definition) is 7. The van der Waals surface area contributed by atoms with Gasteiger partial charge in [-0.05, 0) is 37.0 Å². The number of nitrogens with one attached hydrogen (secondary N) is 2. The van der Waals surface area contributed by atoms with Gasteiger partial charge in [0.15, 0.2) is 5.13 Å². The topological polar surface area (TPSA) is 107 Å². The fourth-order valence-electron chi connectivity index (χ4n) is 4.40. The number of nitrogens with zero attached hydrogens (tertiary/aromatic N) is 3. The molecule has 1 aromatic carbocycles. The van der Waals surface area contributed by atoms with Crippen molar-refractivity contribution in [1.29, 1.82) is 0 Å². The molecule has 190 valence electrons. The molecule has 0 unspecified atom stereocenters. The molecular formula is C26H30ClN5O3S. The molecule has 1 aliphatic heterocycles. The molecule has 2 amide bonds. The molecule has 10 heteroatoms. The molecule has 0 spiro atoms. The van der Waals surface area contributed by atoms with Gasteiger partial charge in [0.25, 0.3) is 5.91 Å². The summed E-state index contributed by atoms with van der Waals surface area (Å²) >= 11 is 7.46. The molecule has 3 N–H and O–H groups in total. The fourth-order valence-corrected chi connectivity index (χ4v) is 5.54. The van der Waals surface area contributed by atoms with Gasteiger partial charge in [0.1, 0.15) is 16.2 Å². The minimum atomic E-state index is -1.05. The van der Waals surface area contributed by atoms with Crippen LogP contribution in [0.4, 0.5) is 10.8 Å². The number of amides is 2. The van der Waals surface area contributed by atoms with Crippen LogP contribution in [0, 0.1) is 0 Å². The van der Waals surface area contributed by atoms with E-state index >= 15 is 0 Å². The van der Waals surface area contributed by atoms with Crippen LogP contribution in [0.1, 0.15) is 60.8 Å². The Balaban J connectivity index is 1.72. The summed E-state index contributed by atoms with van der Waals surface area (Å²) in [7, 11) is 1.52. The van der Waals surface area contributed by atoms with E-state index in [2.05, 4.69) is 34.4 Å². The van der Waals surface area contributed by atoms with E-state index in [1.807, 2.05) is 34.5 Å². The van der Waals surface area contributed by atoms with Crippen molar-refractivity contribution in [3.05, 3.63) is 69.4 Å². The van der Waals surface area contributed by atoms with Gasteiger partial charge in [0.2, 0.25) is 5.91 Å². The minimum Gasteiger partial charge on any atom is -0.384 e. The lowest BCUT2D eigenvalue weighted by Crippen LogP contribution is -2.65. The molecule has 0 radical (unpaired) electrons. The maximum atomic E-state index is 14.0. The van der Waals surface area contributed by atoms with Crippen LogP contribution >= 0.6 is 22.9 Å². The smallest absolute Gasteiger partial charge is 0.253 e. The molecule has 0 saturated carbocycles. The Bertz CT molecular complexity index is 1290. The van der Waals surface area contributed by atoms with Crippen molar-refractivity contribution in [1.82, 2.24) is 15.3 Å². The highest BCUT2D eigenvalue weighted by molar-refractivity contribution is 7.13. The highest BCUT2D eigenvalue weighted by atomic mass is 35.5. The second-order valence-electron chi connectivity index (χ2n) is 9.84. The first-order valence-electron chi connectivity index (χ1n) is 11.7. The average molecular weight is 528 g/mol. The monoisotopic (exact) mass is 527 g/mol. The molecule has 0 bridgehead atoms. The Hall–Kier alpha value is -3.01. The van der Waals surface area contributed by atoms with Crippen molar-refractivity contribution in [3.8, 4) is 0 Å². The van der Waals surface area contributed by atoms with E-state index in [4.69, 9.17) is 11.6 Å². The zero-order chi connectivity index (χ0) is 26.3. The Labute approximate surface area is 219 Å². The summed E-state index contributed by atoms with van der Waals surface area (Å²) < 4.78 is 0. The molecule has 8 nitrogen and oxygen atoms in total. The van der Waals surface area contributed by atoms with Crippen LogP contribution in [-0.4, -0.2) is 47.0 Å². The summed E-state index contributed by atoms with van der Waals surface area (Å²) in [5, 5.41) is 18.6. The molecule has 36 heavy (non-hydrogen) atoms. The third-order valence-corrected chi connectivity index (χ3v) is 7.54. The molecule has 3 aromatic rings. The SMILES string of the molecule is CNC(=O)c1cc(Cl)ncc1NC(=O)C1(c2ccccc2C(C)C)CN(c2nc(C(C)(C)O)cs2)C1. The lowest BCUT2D eigenvalue weighted by molar-refractivity contribution is -0.122. The van der Waals surface area contributed by atoms with Crippen molar-refractivity contribution in [2.45, 2.75) is 44.6 Å². The highest BCUT2D eigenvalue weighted by Crippen LogP contribution is 2.43. The van der Waals surface area contributed by atoms with Gasteiger partial charge in [-0.2, -0.15) is 0 Å². The number of thiazole rings is 1. The number of hydrogen-bond donors (Lipinski definition) is 3. The van der Waals surface area contributed by atoms with Crippen LogP contribution in [0.5, 0.6) is 0 Å². The van der Waals surface area contributed by atoms with Crippen LogP contribution < -0.4 is 15.5 Å². The van der Waals surface area contributed by atoms with Crippen LogP contribution in [0.15, 0.2) is 41.9 Å². The zero-order valence-electron chi connectivity index (χ0n) is 20.9. The molecule has 0 atom stereocenters. The number of rotatable bonds is 7. The predicted octanol–water partition coefficient (Wildman–Crippen LogP) is 4.30. The summed E-state index contributed by atoms with van der Waals surface area (Å²) in [6.45, 7) is 8.40. The van der Waals surface area contributed by atoms with Crippen LogP contribution in [0.3, 0.4) is 0 Å². The van der Waals surface area contributed by atoms with Gasteiger partial charge in [-0.15, -0.1) is 11.3 Å². The summed E-state index contributed by atoms with van der Waals surface area (Å²) in [6, 6.07) is 9.40. The summed E-state index contributed by atoms with van der Waals surface area (Å²) in [4.78, 5) is 37.2. The first kappa shape index (κ1) is 26.1. The Morgan fingerprint density at radius 3 is 2.56 bits per heavy atom. The fraction of sp³-hybridized carbons (Fsp3) is 0.385. The largest absolute Gasteiger partial charge is 0.384 e. The number of pyridine rings is 1. The van der Waals surface area contributed by atoms with E-state index in [1.54, 1.807) is 13.8 Å². The maximum absolute atomic E-state index is 14.0. The molecule has 3 heterocycles. The van der Waals surface area contributed by atoms with E-state index in [0.29, 0.717) is 24.5 Å². The predicted molar refractivity (Wildman–Crippen MR) is 143 cm³/mol. The summed E-state index contributed by atoms with van der Waals surface area (Å²) in [5.74, 6) is -0.399. The van der Waals surface area contributed by atoms with Gasteiger partial charge in [0.05, 0.1) is 23.1 Å².